The van der Waals surface area contributed by atoms with E-state index >= 15 is 0 Å². The Morgan fingerprint density at radius 2 is 1.06 bits per heavy atom. The molecule has 1 saturated heterocycles. The van der Waals surface area contributed by atoms with Crippen LogP contribution in [-0.2, 0) is 19.1 Å². The summed E-state index contributed by atoms with van der Waals surface area (Å²) in [6.45, 7) is 2.33. The van der Waals surface area contributed by atoms with Crippen molar-refractivity contribution in [2.24, 2.45) is 41.4 Å². The molecule has 180 valence electrons. The Bertz CT molecular complexity index is 673. The SMILES string of the molecule is COC1CCC(C(=O)C2CCC3OC4CCC(C(=O)C5CCC(C)CC5)CC4C3C2)CC1. The van der Waals surface area contributed by atoms with Gasteiger partial charge in [-0.2, -0.15) is 0 Å². The van der Waals surface area contributed by atoms with Crippen LogP contribution in [0.1, 0.15) is 96.8 Å². The number of ketones is 2. The zero-order chi connectivity index (χ0) is 22.2. The molecule has 5 aliphatic rings. The van der Waals surface area contributed by atoms with Crippen molar-refractivity contribution in [2.45, 2.75) is 115 Å². The first-order chi connectivity index (χ1) is 15.5. The Morgan fingerprint density at radius 1 is 0.625 bits per heavy atom. The quantitative estimate of drug-likeness (QED) is 0.541. The number of fused-ring (bicyclic) bond motifs is 3. The molecule has 5 fully saturated rings. The zero-order valence-electron chi connectivity index (χ0n) is 20.3. The van der Waals surface area contributed by atoms with Gasteiger partial charge in [0.15, 0.2) is 0 Å². The predicted molar refractivity (Wildman–Crippen MR) is 124 cm³/mol. The molecule has 1 aliphatic heterocycles. The van der Waals surface area contributed by atoms with Crippen molar-refractivity contribution in [3.05, 3.63) is 0 Å². The fraction of sp³-hybridized carbons (Fsp3) is 0.929. The third-order valence-electron chi connectivity index (χ3n) is 10.2. The molecule has 4 aliphatic carbocycles. The molecule has 0 aromatic carbocycles. The first kappa shape index (κ1) is 23.0. The summed E-state index contributed by atoms with van der Waals surface area (Å²) in [5.41, 5.74) is 0. The summed E-state index contributed by atoms with van der Waals surface area (Å²) < 4.78 is 12.0. The molecule has 0 N–H and O–H groups in total. The van der Waals surface area contributed by atoms with Crippen molar-refractivity contribution in [3.8, 4) is 0 Å². The Labute approximate surface area is 194 Å². The lowest BCUT2D eigenvalue weighted by Crippen LogP contribution is -2.39. The van der Waals surface area contributed by atoms with Crippen LogP contribution in [-0.4, -0.2) is 37.0 Å². The van der Waals surface area contributed by atoms with Crippen LogP contribution < -0.4 is 0 Å². The number of rotatable bonds is 5. The van der Waals surface area contributed by atoms with Crippen LogP contribution in [0.3, 0.4) is 0 Å². The van der Waals surface area contributed by atoms with Gasteiger partial charge in [0.2, 0.25) is 0 Å². The molecular formula is C28H44O4. The summed E-state index contributed by atoms with van der Waals surface area (Å²) in [7, 11) is 1.79. The van der Waals surface area contributed by atoms with E-state index in [0.29, 0.717) is 47.6 Å². The van der Waals surface area contributed by atoms with E-state index in [1.54, 1.807) is 7.11 Å². The lowest BCUT2D eigenvalue weighted by molar-refractivity contribution is -0.132. The maximum Gasteiger partial charge on any atom is 0.139 e. The molecule has 4 saturated carbocycles. The molecule has 1 heterocycles. The van der Waals surface area contributed by atoms with E-state index < -0.39 is 0 Å². The van der Waals surface area contributed by atoms with Gasteiger partial charge in [0.25, 0.3) is 0 Å². The fourth-order valence-corrected chi connectivity index (χ4v) is 8.13. The standard InChI is InChI=1S/C28H44O4/c1-17-3-5-18(6-4-17)27(29)20-9-13-25-23(15-20)24-16-21(10-14-26(24)32-25)28(30)19-7-11-22(31-2)12-8-19/h17-26H,3-16H2,1-2H3. The number of methoxy groups -OCH3 is 1. The molecule has 0 radical (unpaired) electrons. The highest BCUT2D eigenvalue weighted by Crippen LogP contribution is 2.51. The van der Waals surface area contributed by atoms with Crippen molar-refractivity contribution in [1.29, 1.82) is 0 Å². The minimum atomic E-state index is 0.221. The minimum absolute atomic E-state index is 0.221. The summed E-state index contributed by atoms with van der Waals surface area (Å²) in [5.74, 6) is 3.92. The second-order valence-electron chi connectivity index (χ2n) is 12.0. The summed E-state index contributed by atoms with van der Waals surface area (Å²) >= 11 is 0. The van der Waals surface area contributed by atoms with E-state index in [-0.39, 0.29) is 17.8 Å². The van der Waals surface area contributed by atoms with Crippen LogP contribution >= 0.6 is 0 Å². The fourth-order valence-electron chi connectivity index (χ4n) is 8.13. The van der Waals surface area contributed by atoms with E-state index in [1.165, 1.54) is 12.8 Å². The van der Waals surface area contributed by atoms with Crippen LogP contribution in [0.4, 0.5) is 0 Å². The molecule has 6 atom stereocenters. The first-order valence-corrected chi connectivity index (χ1v) is 13.8. The maximum absolute atomic E-state index is 13.4. The predicted octanol–water partition coefficient (Wildman–Crippen LogP) is 5.76. The van der Waals surface area contributed by atoms with Gasteiger partial charge in [-0.05, 0) is 94.8 Å². The van der Waals surface area contributed by atoms with E-state index in [2.05, 4.69) is 6.92 Å². The number of carbonyl (C=O) groups is 2. The maximum atomic E-state index is 13.4. The van der Waals surface area contributed by atoms with Crippen LogP contribution in [0.5, 0.6) is 0 Å². The third-order valence-corrected chi connectivity index (χ3v) is 10.2. The molecular weight excluding hydrogens is 400 g/mol. The number of hydrogen-bond donors (Lipinski definition) is 0. The van der Waals surface area contributed by atoms with Crippen LogP contribution in [0, 0.1) is 41.4 Å². The molecule has 0 spiro atoms. The molecule has 32 heavy (non-hydrogen) atoms. The monoisotopic (exact) mass is 444 g/mol. The smallest absolute Gasteiger partial charge is 0.139 e. The largest absolute Gasteiger partial charge is 0.381 e. The van der Waals surface area contributed by atoms with Gasteiger partial charge in [0.1, 0.15) is 11.6 Å². The lowest BCUT2D eigenvalue weighted by atomic mass is 9.64. The van der Waals surface area contributed by atoms with Crippen molar-refractivity contribution in [2.75, 3.05) is 7.11 Å². The van der Waals surface area contributed by atoms with Gasteiger partial charge >= 0.3 is 0 Å². The summed E-state index contributed by atoms with van der Waals surface area (Å²) in [5, 5.41) is 0. The highest BCUT2D eigenvalue weighted by Gasteiger charge is 2.51. The molecule has 0 amide bonds. The van der Waals surface area contributed by atoms with Gasteiger partial charge in [-0.1, -0.05) is 19.8 Å². The average molecular weight is 445 g/mol. The van der Waals surface area contributed by atoms with Crippen molar-refractivity contribution in [1.82, 2.24) is 0 Å². The molecule has 6 unspecified atom stereocenters. The normalized spacial score (nSPS) is 46.8. The summed E-state index contributed by atoms with van der Waals surface area (Å²) in [4.78, 5) is 26.7. The van der Waals surface area contributed by atoms with Gasteiger partial charge in [0, 0.05) is 30.8 Å². The highest BCUT2D eigenvalue weighted by molar-refractivity contribution is 5.84. The van der Waals surface area contributed by atoms with Gasteiger partial charge in [0.05, 0.1) is 18.3 Å². The second kappa shape index (κ2) is 9.86. The molecule has 0 aromatic heterocycles. The zero-order valence-corrected chi connectivity index (χ0v) is 20.3. The Balaban J connectivity index is 1.19. The van der Waals surface area contributed by atoms with Crippen LogP contribution in [0.15, 0.2) is 0 Å². The molecule has 5 rings (SSSR count). The molecule has 0 aromatic rings. The van der Waals surface area contributed by atoms with Crippen LogP contribution in [0.2, 0.25) is 0 Å². The minimum Gasteiger partial charge on any atom is -0.381 e. The first-order valence-electron chi connectivity index (χ1n) is 13.8. The number of hydrogen-bond acceptors (Lipinski definition) is 4. The summed E-state index contributed by atoms with van der Waals surface area (Å²) in [6, 6.07) is 0. The number of Topliss-reactive ketones (excluding diaryl/α,β-unsaturated/α-hetero) is 2. The van der Waals surface area contributed by atoms with Crippen molar-refractivity contribution in [3.63, 3.8) is 0 Å². The third kappa shape index (κ3) is 4.60. The van der Waals surface area contributed by atoms with Crippen LogP contribution in [0.25, 0.3) is 0 Å². The second-order valence-corrected chi connectivity index (χ2v) is 12.0. The van der Waals surface area contributed by atoms with Gasteiger partial charge in [-0.25, -0.2) is 0 Å². The van der Waals surface area contributed by atoms with Crippen molar-refractivity contribution >= 4 is 11.6 Å². The average Bonchev–Trinajstić information content (AvgIpc) is 3.21. The highest BCUT2D eigenvalue weighted by atomic mass is 16.5. The topological polar surface area (TPSA) is 52.6 Å². The number of ether oxygens (including phenoxy) is 2. The molecule has 0 bridgehead atoms. The Morgan fingerprint density at radius 3 is 1.53 bits per heavy atom. The van der Waals surface area contributed by atoms with Gasteiger partial charge in [-0.3, -0.25) is 9.59 Å². The Kier molecular flexibility index (Phi) is 7.09. The van der Waals surface area contributed by atoms with Gasteiger partial charge in [-0.15, -0.1) is 0 Å². The van der Waals surface area contributed by atoms with E-state index in [9.17, 15) is 9.59 Å². The van der Waals surface area contributed by atoms with E-state index in [1.807, 2.05) is 0 Å². The van der Waals surface area contributed by atoms with E-state index in [0.717, 1.165) is 83.0 Å². The van der Waals surface area contributed by atoms with Gasteiger partial charge < -0.3 is 9.47 Å². The summed E-state index contributed by atoms with van der Waals surface area (Å²) in [6.07, 6.45) is 15.9. The lowest BCUT2D eigenvalue weighted by Gasteiger charge is -2.38. The molecule has 4 heteroatoms. The van der Waals surface area contributed by atoms with E-state index in [4.69, 9.17) is 9.47 Å². The Hall–Kier alpha value is -0.740. The van der Waals surface area contributed by atoms with Crippen molar-refractivity contribution < 1.29 is 19.1 Å². The molecule has 4 nitrogen and oxygen atoms in total. The number of carbonyl (C=O) groups excluding carboxylic acids is 2.